The highest BCUT2D eigenvalue weighted by Crippen LogP contribution is 2.12. The smallest absolute Gasteiger partial charge is 0.241 e. The van der Waals surface area contributed by atoms with Gasteiger partial charge in [-0.25, -0.2) is 13.8 Å². The average Bonchev–Trinajstić information content (AvgIpc) is 3.64. The van der Waals surface area contributed by atoms with Gasteiger partial charge in [-0.05, 0) is 39.8 Å². The average molecular weight is 619 g/mol. The van der Waals surface area contributed by atoms with E-state index in [9.17, 15) is 8.78 Å². The summed E-state index contributed by atoms with van der Waals surface area (Å²) in [6, 6.07) is 55.7. The first-order valence-electron chi connectivity index (χ1n) is 15.3. The van der Waals surface area contributed by atoms with Crippen molar-refractivity contribution in [2.75, 3.05) is 0 Å². The maximum atomic E-state index is 13.7. The largest absolute Gasteiger partial charge is 0.339 e. The molecule has 0 fully saturated rings. The number of aromatic nitrogens is 2. The minimum absolute atomic E-state index is 0.267. The molecule has 0 aliphatic heterocycles. The Morgan fingerprint density at radius 3 is 1.22 bits per heavy atom. The molecule has 0 aliphatic carbocycles. The molecule has 46 heavy (non-hydrogen) atoms. The van der Waals surface area contributed by atoms with Gasteiger partial charge in [-0.1, -0.05) is 162 Å². The van der Waals surface area contributed by atoms with Crippen LogP contribution in [0.4, 0.5) is 8.78 Å². The molecule has 7 aromatic rings. The molecule has 6 heteroatoms. The third-order valence-electron chi connectivity index (χ3n) is 8.32. The second-order valence-electron chi connectivity index (χ2n) is 11.2. The van der Waals surface area contributed by atoms with E-state index < -0.39 is 8.07 Å². The summed E-state index contributed by atoms with van der Waals surface area (Å²) < 4.78 is 29.4. The first-order valence-corrected chi connectivity index (χ1v) is 17.5. The number of hydrogen-bond donors (Lipinski definition) is 0. The Kier molecular flexibility index (Phi) is 9.76. The van der Waals surface area contributed by atoms with E-state index in [-0.39, 0.29) is 11.6 Å². The van der Waals surface area contributed by atoms with Crippen LogP contribution in [-0.2, 0) is 6.17 Å². The van der Waals surface area contributed by atoms with Crippen molar-refractivity contribution in [3.63, 3.8) is 0 Å². The molecular formula is C40H33BF2N2Si. The molecule has 1 aromatic heterocycles. The van der Waals surface area contributed by atoms with Gasteiger partial charge in [0.1, 0.15) is 11.6 Å². The Morgan fingerprint density at radius 2 is 0.848 bits per heavy atom. The molecule has 0 amide bonds. The predicted molar refractivity (Wildman–Crippen MR) is 190 cm³/mol. The van der Waals surface area contributed by atoms with Crippen molar-refractivity contribution in [2.24, 2.45) is 0 Å². The minimum Gasteiger partial charge on any atom is -0.339 e. The Labute approximate surface area is 270 Å². The fraction of sp³-hybridized carbons (Fsp3) is 0.0250. The van der Waals surface area contributed by atoms with E-state index in [1.807, 2.05) is 53.2 Å². The van der Waals surface area contributed by atoms with Crippen molar-refractivity contribution in [3.05, 3.63) is 200 Å². The van der Waals surface area contributed by atoms with Crippen LogP contribution in [0.1, 0.15) is 0 Å². The second kappa shape index (κ2) is 14.6. The van der Waals surface area contributed by atoms with Gasteiger partial charge < -0.3 is 4.57 Å². The maximum Gasteiger partial charge on any atom is 0.241 e. The summed E-state index contributed by atoms with van der Waals surface area (Å²) in [7, 11) is -2.58. The van der Waals surface area contributed by atoms with Gasteiger partial charge in [0.2, 0.25) is 6.71 Å². The summed E-state index contributed by atoms with van der Waals surface area (Å²) in [4.78, 5) is 4.18. The molecule has 0 atom stereocenters. The fourth-order valence-electron chi connectivity index (χ4n) is 6.13. The molecule has 0 N–H and O–H groups in total. The van der Waals surface area contributed by atoms with Gasteiger partial charge in [-0.2, -0.15) is 0 Å². The van der Waals surface area contributed by atoms with Gasteiger partial charge in [0, 0.05) is 18.6 Å². The third kappa shape index (κ3) is 6.98. The molecule has 224 valence electrons. The molecule has 0 unspecified atom stereocenters. The topological polar surface area (TPSA) is 17.8 Å². The SMILES string of the molecule is Fc1ccc([Si](Cn2ccnc2)(c2ccccc2)c2ccc(F)cc2)cc1.c1ccc(B(c2ccccc2)c2ccccc2)cc1. The summed E-state index contributed by atoms with van der Waals surface area (Å²) >= 11 is 0. The van der Waals surface area contributed by atoms with Crippen LogP contribution in [0.2, 0.25) is 0 Å². The summed E-state index contributed by atoms with van der Waals surface area (Å²) in [5.41, 5.74) is 4.00. The zero-order valence-corrected chi connectivity index (χ0v) is 26.3. The normalized spacial score (nSPS) is 10.9. The molecule has 6 aromatic carbocycles. The molecule has 0 spiro atoms. The van der Waals surface area contributed by atoms with E-state index in [2.05, 4.69) is 108 Å². The number of nitrogens with zero attached hydrogens (tertiary/aromatic N) is 2. The molecular weight excluding hydrogens is 585 g/mol. The first-order chi connectivity index (χ1) is 22.6. The van der Waals surface area contributed by atoms with Crippen LogP contribution in [0.25, 0.3) is 0 Å². The fourth-order valence-corrected chi connectivity index (χ4v) is 10.6. The van der Waals surface area contributed by atoms with Gasteiger partial charge in [0.25, 0.3) is 0 Å². The highest BCUT2D eigenvalue weighted by molar-refractivity contribution is 7.10. The highest BCUT2D eigenvalue weighted by atomic mass is 28.3. The lowest BCUT2D eigenvalue weighted by atomic mass is 9.37. The lowest BCUT2D eigenvalue weighted by molar-refractivity contribution is 0.628. The summed E-state index contributed by atoms with van der Waals surface area (Å²) in [5, 5.41) is 3.31. The Bertz CT molecular complexity index is 1760. The Morgan fingerprint density at radius 1 is 0.478 bits per heavy atom. The number of hydrogen-bond acceptors (Lipinski definition) is 1. The van der Waals surface area contributed by atoms with Crippen LogP contribution in [0.3, 0.4) is 0 Å². The zero-order valence-electron chi connectivity index (χ0n) is 25.3. The van der Waals surface area contributed by atoms with E-state index in [4.69, 9.17) is 0 Å². The van der Waals surface area contributed by atoms with Gasteiger partial charge in [0.05, 0.1) is 6.33 Å². The standard InChI is InChI=1S/C22H18F2N2Si.C18H15B/c23-18-6-10-21(11-7-18)27(17-26-15-14-25-16-26,20-4-2-1-3-5-20)22-12-8-19(24)9-13-22;1-4-10-16(11-5-1)19(17-12-6-2-7-13-17)18-14-8-3-9-15-18/h1-16H,17H2;1-15H. The van der Waals surface area contributed by atoms with Crippen LogP contribution in [0.15, 0.2) is 189 Å². The van der Waals surface area contributed by atoms with Crippen LogP contribution < -0.4 is 31.9 Å². The lowest BCUT2D eigenvalue weighted by Gasteiger charge is -2.34. The number of imidazole rings is 1. The highest BCUT2D eigenvalue weighted by Gasteiger charge is 2.40. The summed E-state index contributed by atoms with van der Waals surface area (Å²) in [5.74, 6) is -0.534. The van der Waals surface area contributed by atoms with Crippen LogP contribution in [-0.4, -0.2) is 24.3 Å². The number of rotatable bonds is 8. The van der Waals surface area contributed by atoms with Crippen molar-refractivity contribution in [1.29, 1.82) is 0 Å². The quantitative estimate of drug-likeness (QED) is 0.172. The zero-order chi connectivity index (χ0) is 31.6. The van der Waals surface area contributed by atoms with Crippen LogP contribution in [0, 0.1) is 11.6 Å². The van der Waals surface area contributed by atoms with Crippen LogP contribution >= 0.6 is 0 Å². The molecule has 0 saturated heterocycles. The van der Waals surface area contributed by atoms with Crippen molar-refractivity contribution in [3.8, 4) is 0 Å². The van der Waals surface area contributed by atoms with Crippen molar-refractivity contribution >= 4 is 46.7 Å². The van der Waals surface area contributed by atoms with Gasteiger partial charge in [-0.3, -0.25) is 0 Å². The molecule has 1 heterocycles. The summed E-state index contributed by atoms with van der Waals surface area (Å²) in [6.45, 7) is 0.309. The Balaban J connectivity index is 0.000000172. The third-order valence-corrected chi connectivity index (χ3v) is 13.1. The monoisotopic (exact) mass is 618 g/mol. The molecule has 2 nitrogen and oxygen atoms in total. The molecule has 0 radical (unpaired) electrons. The van der Waals surface area contributed by atoms with E-state index >= 15 is 0 Å². The van der Waals surface area contributed by atoms with Gasteiger partial charge in [-0.15, -0.1) is 0 Å². The van der Waals surface area contributed by atoms with Crippen molar-refractivity contribution in [1.82, 2.24) is 9.55 Å². The van der Waals surface area contributed by atoms with E-state index in [1.54, 1.807) is 12.5 Å². The molecule has 0 aliphatic rings. The van der Waals surface area contributed by atoms with E-state index in [0.717, 1.165) is 10.4 Å². The summed E-state index contributed by atoms with van der Waals surface area (Å²) in [6.07, 6.45) is 6.16. The second-order valence-corrected chi connectivity index (χ2v) is 15.0. The lowest BCUT2D eigenvalue weighted by Crippen LogP contribution is -2.69. The number of benzene rings is 6. The van der Waals surface area contributed by atoms with E-state index in [0.29, 0.717) is 12.9 Å². The van der Waals surface area contributed by atoms with Crippen molar-refractivity contribution in [2.45, 2.75) is 6.17 Å². The minimum atomic E-state index is -2.58. The predicted octanol–water partition coefficient (Wildman–Crippen LogP) is 5.07. The molecule has 0 bridgehead atoms. The maximum absolute atomic E-state index is 13.7. The van der Waals surface area contributed by atoms with Gasteiger partial charge >= 0.3 is 0 Å². The first kappa shape index (κ1) is 30.7. The molecule has 0 saturated carbocycles. The van der Waals surface area contributed by atoms with Gasteiger partial charge in [0.15, 0.2) is 8.07 Å². The van der Waals surface area contributed by atoms with E-state index in [1.165, 1.54) is 45.8 Å². The molecule has 7 rings (SSSR count). The Hall–Kier alpha value is -5.33. The number of halogens is 2. The van der Waals surface area contributed by atoms with Crippen LogP contribution in [0.5, 0.6) is 0 Å². The van der Waals surface area contributed by atoms with Crippen molar-refractivity contribution < 1.29 is 8.78 Å².